The molecule has 1 rings (SSSR count). The van der Waals surface area contributed by atoms with Crippen molar-refractivity contribution in [2.45, 2.75) is 0 Å². The van der Waals surface area contributed by atoms with Crippen molar-refractivity contribution >= 4 is 22.2 Å². The highest BCUT2D eigenvalue weighted by Crippen LogP contribution is 2.23. The predicted octanol–water partition coefficient (Wildman–Crippen LogP) is 2.68. The Labute approximate surface area is 74.3 Å². The van der Waals surface area contributed by atoms with Gasteiger partial charge in [0.2, 0.25) is 0 Å². The fourth-order valence-corrected chi connectivity index (χ4v) is 1.08. The lowest BCUT2D eigenvalue weighted by atomic mass is 10.2. The Morgan fingerprint density at radius 1 is 1.25 bits per heavy atom. The molecule has 0 saturated carbocycles. The van der Waals surface area contributed by atoms with Gasteiger partial charge in [-0.1, -0.05) is 0 Å². The summed E-state index contributed by atoms with van der Waals surface area (Å²) in [5, 5.41) is 0. The Balaban J connectivity index is 3.52. The van der Waals surface area contributed by atoms with E-state index >= 15 is 0 Å². The number of carbonyl (C=O) groups excluding carboxylic acids is 1. The normalized spacial score (nSPS) is 10.0. The zero-order valence-electron chi connectivity index (χ0n) is 5.57. The highest BCUT2D eigenvalue weighted by molar-refractivity contribution is 9.10. The van der Waals surface area contributed by atoms with Crippen molar-refractivity contribution < 1.29 is 18.0 Å². The maximum absolute atomic E-state index is 12.6. The monoisotopic (exact) mass is 238 g/mol. The molecular formula is C7H2BrF3O. The van der Waals surface area contributed by atoms with Gasteiger partial charge in [0.15, 0.2) is 17.9 Å². The molecule has 0 bridgehead atoms. The SMILES string of the molecule is O=Cc1c(F)c(F)cc(F)c1Br. The van der Waals surface area contributed by atoms with Gasteiger partial charge >= 0.3 is 0 Å². The molecule has 1 aromatic carbocycles. The van der Waals surface area contributed by atoms with E-state index in [9.17, 15) is 18.0 Å². The Morgan fingerprint density at radius 2 is 1.83 bits per heavy atom. The summed E-state index contributed by atoms with van der Waals surface area (Å²) >= 11 is 2.61. The van der Waals surface area contributed by atoms with E-state index in [4.69, 9.17) is 0 Å². The number of benzene rings is 1. The molecule has 0 aliphatic carbocycles. The summed E-state index contributed by atoms with van der Waals surface area (Å²) in [5.74, 6) is -3.73. The molecule has 0 aliphatic rings. The Kier molecular flexibility index (Phi) is 2.52. The Bertz CT molecular complexity index is 312. The number of hydrogen-bond donors (Lipinski definition) is 0. The van der Waals surface area contributed by atoms with Gasteiger partial charge in [-0.3, -0.25) is 4.79 Å². The summed E-state index contributed by atoms with van der Waals surface area (Å²) in [7, 11) is 0. The van der Waals surface area contributed by atoms with Crippen molar-refractivity contribution in [1.82, 2.24) is 0 Å². The quantitative estimate of drug-likeness (QED) is 0.543. The average Bonchev–Trinajstić information content (AvgIpc) is 2.02. The largest absolute Gasteiger partial charge is 0.298 e. The van der Waals surface area contributed by atoms with E-state index in [1.807, 2.05) is 0 Å². The first-order valence-electron chi connectivity index (χ1n) is 2.86. The van der Waals surface area contributed by atoms with Crippen molar-refractivity contribution in [2.24, 2.45) is 0 Å². The van der Waals surface area contributed by atoms with Gasteiger partial charge in [0.05, 0.1) is 10.0 Å². The third-order valence-corrected chi connectivity index (χ3v) is 2.07. The van der Waals surface area contributed by atoms with Crippen molar-refractivity contribution in [1.29, 1.82) is 0 Å². The molecule has 0 saturated heterocycles. The van der Waals surface area contributed by atoms with Crippen LogP contribution in [0, 0.1) is 17.5 Å². The van der Waals surface area contributed by atoms with Crippen LogP contribution in [0.3, 0.4) is 0 Å². The lowest BCUT2D eigenvalue weighted by molar-refractivity contribution is 0.111. The van der Waals surface area contributed by atoms with Crippen molar-refractivity contribution in [3.05, 3.63) is 33.6 Å². The van der Waals surface area contributed by atoms with Gasteiger partial charge in [-0.05, 0) is 15.9 Å². The third kappa shape index (κ3) is 1.36. The van der Waals surface area contributed by atoms with Gasteiger partial charge < -0.3 is 0 Å². The molecule has 1 nitrogen and oxygen atoms in total. The second-order valence-electron chi connectivity index (χ2n) is 2.00. The fourth-order valence-electron chi connectivity index (χ4n) is 0.695. The number of carbonyl (C=O) groups is 1. The molecule has 12 heavy (non-hydrogen) atoms. The fraction of sp³-hybridized carbons (Fsp3) is 0. The lowest BCUT2D eigenvalue weighted by Gasteiger charge is -2.00. The molecule has 0 unspecified atom stereocenters. The van der Waals surface area contributed by atoms with Crippen LogP contribution >= 0.6 is 15.9 Å². The molecule has 1 aromatic rings. The minimum atomic E-state index is -1.38. The topological polar surface area (TPSA) is 17.1 Å². The van der Waals surface area contributed by atoms with E-state index in [0.717, 1.165) is 0 Å². The molecule has 0 heterocycles. The summed E-state index contributed by atoms with van der Waals surface area (Å²) in [6, 6.07) is 0.367. The van der Waals surface area contributed by atoms with Gasteiger partial charge in [-0.25, -0.2) is 13.2 Å². The van der Waals surface area contributed by atoms with Crippen LogP contribution in [-0.4, -0.2) is 6.29 Å². The van der Waals surface area contributed by atoms with Gasteiger partial charge in [0, 0.05) is 6.07 Å². The maximum Gasteiger partial charge on any atom is 0.170 e. The predicted molar refractivity (Wildman–Crippen MR) is 39.4 cm³/mol. The summed E-state index contributed by atoms with van der Waals surface area (Å²) in [4.78, 5) is 10.1. The summed E-state index contributed by atoms with van der Waals surface area (Å²) in [6.45, 7) is 0. The molecule has 5 heteroatoms. The van der Waals surface area contributed by atoms with E-state index < -0.39 is 23.0 Å². The van der Waals surface area contributed by atoms with Crippen LogP contribution in [0.25, 0.3) is 0 Å². The summed E-state index contributed by atoms with van der Waals surface area (Å²) in [6.07, 6.45) is 0.0472. The zero-order chi connectivity index (χ0) is 9.30. The van der Waals surface area contributed by atoms with E-state index in [1.54, 1.807) is 0 Å². The first-order valence-corrected chi connectivity index (χ1v) is 3.65. The van der Waals surface area contributed by atoms with Gasteiger partial charge in [-0.2, -0.15) is 0 Å². The average molecular weight is 239 g/mol. The van der Waals surface area contributed by atoms with Crippen LogP contribution in [0.4, 0.5) is 13.2 Å². The van der Waals surface area contributed by atoms with Crippen LogP contribution in [-0.2, 0) is 0 Å². The minimum Gasteiger partial charge on any atom is -0.298 e. The van der Waals surface area contributed by atoms with Crippen LogP contribution < -0.4 is 0 Å². The molecule has 0 spiro atoms. The second kappa shape index (κ2) is 3.26. The molecule has 0 atom stereocenters. The number of aldehydes is 1. The summed E-state index contributed by atoms with van der Waals surface area (Å²) in [5.41, 5.74) is -0.646. The van der Waals surface area contributed by atoms with Crippen LogP contribution in [0.1, 0.15) is 10.4 Å². The van der Waals surface area contributed by atoms with Crippen LogP contribution in [0.15, 0.2) is 10.5 Å². The third-order valence-electron chi connectivity index (χ3n) is 1.26. The smallest absolute Gasteiger partial charge is 0.170 e. The highest BCUT2D eigenvalue weighted by Gasteiger charge is 2.15. The van der Waals surface area contributed by atoms with Crippen molar-refractivity contribution in [2.75, 3.05) is 0 Å². The molecule has 0 N–H and O–H groups in total. The molecule has 0 aromatic heterocycles. The zero-order valence-corrected chi connectivity index (χ0v) is 7.16. The second-order valence-corrected chi connectivity index (χ2v) is 2.79. The molecule has 64 valence electrons. The Morgan fingerprint density at radius 3 is 2.33 bits per heavy atom. The van der Waals surface area contributed by atoms with Gasteiger partial charge in [0.1, 0.15) is 5.82 Å². The minimum absolute atomic E-state index is 0.0472. The van der Waals surface area contributed by atoms with Gasteiger partial charge in [0.25, 0.3) is 0 Å². The number of hydrogen-bond acceptors (Lipinski definition) is 1. The first kappa shape index (κ1) is 9.25. The first-order chi connectivity index (χ1) is 5.57. The molecule has 0 radical (unpaired) electrons. The lowest BCUT2D eigenvalue weighted by Crippen LogP contribution is -1.97. The standard InChI is InChI=1S/C7H2BrF3O/c8-6-3(2-12)7(11)5(10)1-4(6)9/h1-2H. The van der Waals surface area contributed by atoms with E-state index in [2.05, 4.69) is 15.9 Å². The molecule has 0 aliphatic heterocycles. The number of rotatable bonds is 1. The van der Waals surface area contributed by atoms with Crippen LogP contribution in [0.2, 0.25) is 0 Å². The molecule has 0 amide bonds. The molecule has 0 fully saturated rings. The highest BCUT2D eigenvalue weighted by atomic mass is 79.9. The molecular weight excluding hydrogens is 237 g/mol. The Hall–Kier alpha value is -0.840. The van der Waals surface area contributed by atoms with E-state index in [-0.39, 0.29) is 10.8 Å². The van der Waals surface area contributed by atoms with E-state index in [1.165, 1.54) is 0 Å². The summed E-state index contributed by atoms with van der Waals surface area (Å²) < 4.78 is 37.3. The van der Waals surface area contributed by atoms with Gasteiger partial charge in [-0.15, -0.1) is 0 Å². The van der Waals surface area contributed by atoms with E-state index in [0.29, 0.717) is 6.07 Å². The van der Waals surface area contributed by atoms with Crippen LogP contribution in [0.5, 0.6) is 0 Å². The van der Waals surface area contributed by atoms with Crippen molar-refractivity contribution in [3.63, 3.8) is 0 Å². The maximum atomic E-state index is 12.6. The number of halogens is 4. The van der Waals surface area contributed by atoms with Crippen molar-refractivity contribution in [3.8, 4) is 0 Å².